The molecule has 3 rings (SSSR count). The number of hydrogen-bond donors (Lipinski definition) is 2. The van der Waals surface area contributed by atoms with Gasteiger partial charge in [0.1, 0.15) is 0 Å². The van der Waals surface area contributed by atoms with Crippen LogP contribution in [0.5, 0.6) is 0 Å². The first-order valence-electron chi connectivity index (χ1n) is 7.21. The molecule has 0 aliphatic rings. The fraction of sp³-hybridized carbons (Fsp3) is 0.0556. The molecule has 7 heteroatoms. The molecule has 0 aliphatic heterocycles. The van der Waals surface area contributed by atoms with Crippen LogP contribution in [0.2, 0.25) is 0 Å². The maximum atomic E-state index is 10.9. The Balaban J connectivity index is 1.95. The Kier molecular flexibility index (Phi) is 5.88. The van der Waals surface area contributed by atoms with Gasteiger partial charge in [0.05, 0.1) is 5.56 Å². The molecule has 0 fully saturated rings. The summed E-state index contributed by atoms with van der Waals surface area (Å²) in [6.07, 6.45) is 0. The highest BCUT2D eigenvalue weighted by atomic mass is 79.9. The molecule has 0 bridgehead atoms. The van der Waals surface area contributed by atoms with E-state index in [-0.39, 0.29) is 5.56 Å². The summed E-state index contributed by atoms with van der Waals surface area (Å²) in [4.78, 5) is 10.9. The number of carboxylic acids is 1. The Morgan fingerprint density at radius 1 is 0.880 bits per heavy atom. The normalized spacial score (nSPS) is 10.9. The summed E-state index contributed by atoms with van der Waals surface area (Å²) >= 11 is 14.5. The van der Waals surface area contributed by atoms with E-state index in [1.807, 2.05) is 30.3 Å². The second kappa shape index (κ2) is 7.78. The van der Waals surface area contributed by atoms with E-state index in [4.69, 9.17) is 5.11 Å². The number of carbonyl (C=O) groups is 1. The van der Waals surface area contributed by atoms with E-state index in [0.717, 1.165) is 39.9 Å². The Labute approximate surface area is 178 Å². The number of fused-ring (bicyclic) bond motifs is 1. The first kappa shape index (κ1) is 18.9. The van der Waals surface area contributed by atoms with Gasteiger partial charge in [-0.15, -0.1) is 0 Å². The zero-order chi connectivity index (χ0) is 18.1. The van der Waals surface area contributed by atoms with Crippen LogP contribution in [0.15, 0.2) is 60.4 Å². The van der Waals surface area contributed by atoms with Crippen molar-refractivity contribution in [3.8, 4) is 0 Å². The minimum absolute atomic E-state index is 0.286. The molecule has 3 nitrogen and oxygen atoms in total. The van der Waals surface area contributed by atoms with Crippen molar-refractivity contribution >= 4 is 86.1 Å². The number of halogens is 4. The maximum Gasteiger partial charge on any atom is 0.335 e. The molecule has 2 N–H and O–H groups in total. The highest BCUT2D eigenvalue weighted by molar-refractivity contribution is 9.15. The number of aromatic carboxylic acids is 1. The van der Waals surface area contributed by atoms with Crippen LogP contribution in [0.1, 0.15) is 15.9 Å². The molecule has 0 saturated heterocycles. The number of benzene rings is 3. The third-order valence-corrected chi connectivity index (χ3v) is 8.58. The molecule has 0 radical (unpaired) electrons. The fourth-order valence-electron chi connectivity index (χ4n) is 2.50. The van der Waals surface area contributed by atoms with Crippen molar-refractivity contribution in [3.05, 3.63) is 71.5 Å². The SMILES string of the molecule is O=C(O)c1ccc(CNc2cccc3c(Br)c(Br)c(Br)c(Br)c23)cc1. The van der Waals surface area contributed by atoms with Crippen molar-refractivity contribution in [3.63, 3.8) is 0 Å². The second-order valence-electron chi connectivity index (χ2n) is 5.34. The van der Waals surface area contributed by atoms with E-state index in [1.54, 1.807) is 12.1 Å². The van der Waals surface area contributed by atoms with Crippen molar-refractivity contribution in [2.45, 2.75) is 6.54 Å². The van der Waals surface area contributed by atoms with Crippen molar-refractivity contribution in [1.82, 2.24) is 0 Å². The molecular weight excluding hydrogens is 582 g/mol. The van der Waals surface area contributed by atoms with Crippen molar-refractivity contribution < 1.29 is 9.90 Å². The Morgan fingerprint density at radius 3 is 2.16 bits per heavy atom. The van der Waals surface area contributed by atoms with Gasteiger partial charge in [-0.25, -0.2) is 4.79 Å². The maximum absolute atomic E-state index is 10.9. The average Bonchev–Trinajstić information content (AvgIpc) is 2.62. The molecule has 0 aliphatic carbocycles. The lowest BCUT2D eigenvalue weighted by atomic mass is 10.1. The topological polar surface area (TPSA) is 49.3 Å². The van der Waals surface area contributed by atoms with Crippen LogP contribution in [-0.2, 0) is 6.54 Å². The van der Waals surface area contributed by atoms with E-state index in [2.05, 4.69) is 69.0 Å². The van der Waals surface area contributed by atoms with Gasteiger partial charge in [0.25, 0.3) is 0 Å². The number of hydrogen-bond acceptors (Lipinski definition) is 2. The van der Waals surface area contributed by atoms with Gasteiger partial charge in [-0.05, 0) is 87.5 Å². The molecule has 0 atom stereocenters. The zero-order valence-electron chi connectivity index (χ0n) is 12.6. The molecule has 3 aromatic rings. The molecule has 0 saturated carbocycles. The molecule has 0 heterocycles. The Morgan fingerprint density at radius 2 is 1.52 bits per heavy atom. The van der Waals surface area contributed by atoms with E-state index in [9.17, 15) is 4.79 Å². The van der Waals surface area contributed by atoms with Gasteiger partial charge in [0.15, 0.2) is 0 Å². The van der Waals surface area contributed by atoms with Crippen LogP contribution in [-0.4, -0.2) is 11.1 Å². The van der Waals surface area contributed by atoms with Gasteiger partial charge in [-0.3, -0.25) is 0 Å². The van der Waals surface area contributed by atoms with E-state index >= 15 is 0 Å². The number of rotatable bonds is 4. The number of anilines is 1. The van der Waals surface area contributed by atoms with Crippen LogP contribution >= 0.6 is 63.7 Å². The van der Waals surface area contributed by atoms with Crippen LogP contribution in [0.3, 0.4) is 0 Å². The molecular formula is C18H11Br4NO2. The van der Waals surface area contributed by atoms with Crippen molar-refractivity contribution in [2.24, 2.45) is 0 Å². The molecule has 0 spiro atoms. The molecule has 3 aromatic carbocycles. The standard InChI is InChI=1S/C18H11Br4NO2/c19-14-11-2-1-3-12(13(11)15(20)17(22)16(14)21)23-8-9-4-6-10(7-5-9)18(24)25/h1-7,23H,8H2,(H,24,25). The lowest BCUT2D eigenvalue weighted by Crippen LogP contribution is -2.02. The predicted octanol–water partition coefficient (Wildman–Crippen LogP) is 7.20. The van der Waals surface area contributed by atoms with Crippen LogP contribution in [0.25, 0.3) is 10.8 Å². The third-order valence-electron chi connectivity index (χ3n) is 3.78. The van der Waals surface area contributed by atoms with E-state index < -0.39 is 5.97 Å². The summed E-state index contributed by atoms with van der Waals surface area (Å²) in [6, 6.07) is 12.9. The summed E-state index contributed by atoms with van der Waals surface area (Å²) < 4.78 is 3.83. The van der Waals surface area contributed by atoms with Gasteiger partial charge in [-0.2, -0.15) is 0 Å². The molecule has 0 unspecified atom stereocenters. The zero-order valence-corrected chi connectivity index (χ0v) is 19.0. The summed E-state index contributed by atoms with van der Waals surface area (Å²) in [5.41, 5.74) is 2.28. The van der Waals surface area contributed by atoms with E-state index in [1.165, 1.54) is 0 Å². The Bertz CT molecular complexity index is 971. The van der Waals surface area contributed by atoms with Crippen molar-refractivity contribution in [1.29, 1.82) is 0 Å². The summed E-state index contributed by atoms with van der Waals surface area (Å²) in [5.74, 6) is -0.919. The van der Waals surface area contributed by atoms with Crippen LogP contribution < -0.4 is 5.32 Å². The van der Waals surface area contributed by atoms with Crippen LogP contribution in [0, 0.1) is 0 Å². The third kappa shape index (κ3) is 3.79. The van der Waals surface area contributed by atoms with Crippen LogP contribution in [0.4, 0.5) is 5.69 Å². The first-order chi connectivity index (χ1) is 11.9. The summed E-state index contributed by atoms with van der Waals surface area (Å²) in [6.45, 7) is 0.594. The number of carboxylic acid groups (broad SMARTS) is 1. The lowest BCUT2D eigenvalue weighted by Gasteiger charge is -2.15. The second-order valence-corrected chi connectivity index (χ2v) is 8.51. The monoisotopic (exact) mass is 589 g/mol. The van der Waals surface area contributed by atoms with Gasteiger partial charge >= 0.3 is 5.97 Å². The van der Waals surface area contributed by atoms with E-state index in [0.29, 0.717) is 6.54 Å². The predicted molar refractivity (Wildman–Crippen MR) is 115 cm³/mol. The minimum atomic E-state index is -0.919. The highest BCUT2D eigenvalue weighted by Crippen LogP contribution is 2.45. The summed E-state index contributed by atoms with van der Waals surface area (Å²) in [5, 5.41) is 14.5. The lowest BCUT2D eigenvalue weighted by molar-refractivity contribution is 0.0697. The molecule has 0 amide bonds. The quantitative estimate of drug-likeness (QED) is 0.249. The summed E-state index contributed by atoms with van der Waals surface area (Å²) in [7, 11) is 0. The van der Waals surface area contributed by atoms with Gasteiger partial charge in [0, 0.05) is 40.9 Å². The highest BCUT2D eigenvalue weighted by Gasteiger charge is 2.15. The average molecular weight is 593 g/mol. The largest absolute Gasteiger partial charge is 0.478 e. The van der Waals surface area contributed by atoms with Gasteiger partial charge in [-0.1, -0.05) is 24.3 Å². The van der Waals surface area contributed by atoms with Crippen molar-refractivity contribution in [2.75, 3.05) is 5.32 Å². The molecule has 25 heavy (non-hydrogen) atoms. The molecule has 128 valence electrons. The number of nitrogens with one attached hydrogen (secondary N) is 1. The first-order valence-corrected chi connectivity index (χ1v) is 10.4. The molecule has 0 aromatic heterocycles. The van der Waals surface area contributed by atoms with Gasteiger partial charge in [0.2, 0.25) is 0 Å². The fourth-order valence-corrected chi connectivity index (χ4v) is 5.00. The minimum Gasteiger partial charge on any atom is -0.478 e. The Hall–Kier alpha value is -0.890. The van der Waals surface area contributed by atoms with Gasteiger partial charge < -0.3 is 10.4 Å². The smallest absolute Gasteiger partial charge is 0.335 e.